The molecule has 0 fully saturated rings. The smallest absolute Gasteiger partial charge is 0.142 e. The summed E-state index contributed by atoms with van der Waals surface area (Å²) in [4.78, 5) is 4.25. The van der Waals surface area contributed by atoms with Crippen LogP contribution < -0.4 is 19.3 Å². The lowest BCUT2D eigenvalue weighted by atomic mass is 10.2. The number of ether oxygens (including phenoxy) is 2. The Morgan fingerprint density at radius 1 is 0.356 bits per heavy atom. The van der Waals surface area contributed by atoms with E-state index in [2.05, 4.69) is 21.9 Å². The second-order valence-electron chi connectivity index (χ2n) is 9.78. The molecule has 6 aromatic rings. The zero-order chi connectivity index (χ0) is 31.6. The van der Waals surface area contributed by atoms with Crippen molar-refractivity contribution in [2.45, 2.75) is 0 Å². The lowest BCUT2D eigenvalue weighted by molar-refractivity contribution is 0.416. The van der Waals surface area contributed by atoms with Gasteiger partial charge in [0.1, 0.15) is 11.5 Å². The standard InChI is InChI=1S/C19H15Cl2NO.C19H16ClNO/c1-23-19-5-3-2-4-18(19)22(16-10-6-14(20)7-11-16)17-12-8-15(21)9-13-17;1-22-19-10-6-5-9-18(19)21(16-7-3-2-4-8-16)17-13-11-15(20)12-14-17/h2-13H,1H3;2-14H,1H3. The predicted molar refractivity (Wildman–Crippen MR) is 190 cm³/mol. The Labute approximate surface area is 279 Å². The molecule has 0 unspecified atom stereocenters. The predicted octanol–water partition coefficient (Wildman–Crippen LogP) is 12.3. The molecular formula is C38H31Cl3N2O2. The van der Waals surface area contributed by atoms with Crippen molar-refractivity contribution in [3.05, 3.63) is 167 Å². The molecule has 0 aromatic heterocycles. The molecule has 0 N–H and O–H groups in total. The Morgan fingerprint density at radius 2 is 0.644 bits per heavy atom. The highest BCUT2D eigenvalue weighted by Gasteiger charge is 2.17. The van der Waals surface area contributed by atoms with E-state index in [-0.39, 0.29) is 0 Å². The number of nitrogens with zero attached hydrogens (tertiary/aromatic N) is 2. The highest BCUT2D eigenvalue weighted by atomic mass is 35.5. The van der Waals surface area contributed by atoms with Crippen molar-refractivity contribution in [1.82, 2.24) is 0 Å². The highest BCUT2D eigenvalue weighted by Crippen LogP contribution is 2.41. The number of hydrogen-bond donors (Lipinski definition) is 0. The normalized spacial score (nSPS) is 10.3. The molecule has 0 atom stereocenters. The van der Waals surface area contributed by atoms with E-state index in [4.69, 9.17) is 44.3 Å². The van der Waals surface area contributed by atoms with Crippen molar-refractivity contribution in [2.24, 2.45) is 0 Å². The molecule has 0 radical (unpaired) electrons. The van der Waals surface area contributed by atoms with Crippen LogP contribution in [0.5, 0.6) is 11.5 Å². The molecule has 6 rings (SSSR count). The SMILES string of the molecule is COc1ccccc1N(c1ccc(Cl)cc1)c1ccc(Cl)cc1.COc1ccccc1N(c1ccccc1)c1ccc(Cl)cc1. The summed E-state index contributed by atoms with van der Waals surface area (Å²) in [5.41, 5.74) is 6.00. The monoisotopic (exact) mass is 652 g/mol. The lowest BCUT2D eigenvalue weighted by Crippen LogP contribution is -2.10. The molecule has 4 nitrogen and oxygen atoms in total. The van der Waals surface area contributed by atoms with Crippen LogP contribution >= 0.6 is 34.8 Å². The van der Waals surface area contributed by atoms with Crippen molar-refractivity contribution in [3.8, 4) is 11.5 Å². The second-order valence-corrected chi connectivity index (χ2v) is 11.1. The minimum atomic E-state index is 0.699. The van der Waals surface area contributed by atoms with Crippen LogP contribution in [-0.2, 0) is 0 Å². The van der Waals surface area contributed by atoms with Crippen LogP contribution in [0.3, 0.4) is 0 Å². The van der Waals surface area contributed by atoms with Gasteiger partial charge in [-0.25, -0.2) is 0 Å². The highest BCUT2D eigenvalue weighted by molar-refractivity contribution is 6.31. The quantitative estimate of drug-likeness (QED) is 0.163. The molecule has 0 saturated carbocycles. The van der Waals surface area contributed by atoms with Crippen molar-refractivity contribution < 1.29 is 9.47 Å². The van der Waals surface area contributed by atoms with E-state index in [9.17, 15) is 0 Å². The van der Waals surface area contributed by atoms with Crippen LogP contribution in [0.2, 0.25) is 15.1 Å². The van der Waals surface area contributed by atoms with Gasteiger partial charge >= 0.3 is 0 Å². The maximum absolute atomic E-state index is 6.03. The molecule has 0 amide bonds. The van der Waals surface area contributed by atoms with Gasteiger partial charge in [-0.2, -0.15) is 0 Å². The van der Waals surface area contributed by atoms with Gasteiger partial charge in [-0.15, -0.1) is 0 Å². The number of benzene rings is 6. The Bertz CT molecular complexity index is 1750. The van der Waals surface area contributed by atoms with Gasteiger partial charge in [0, 0.05) is 37.8 Å². The van der Waals surface area contributed by atoms with Crippen LogP contribution in [0.4, 0.5) is 34.1 Å². The van der Waals surface area contributed by atoms with Gasteiger partial charge in [0.25, 0.3) is 0 Å². The summed E-state index contributed by atoms with van der Waals surface area (Å²) < 4.78 is 11.0. The van der Waals surface area contributed by atoms with Crippen molar-refractivity contribution >= 4 is 68.9 Å². The fourth-order valence-electron chi connectivity index (χ4n) is 4.83. The summed E-state index contributed by atoms with van der Waals surface area (Å²) in [5, 5.41) is 2.12. The maximum atomic E-state index is 6.03. The van der Waals surface area contributed by atoms with Gasteiger partial charge < -0.3 is 19.3 Å². The fraction of sp³-hybridized carbons (Fsp3) is 0.0526. The number of methoxy groups -OCH3 is 2. The third kappa shape index (κ3) is 7.92. The maximum Gasteiger partial charge on any atom is 0.142 e. The van der Waals surface area contributed by atoms with Crippen molar-refractivity contribution in [2.75, 3.05) is 24.0 Å². The molecule has 45 heavy (non-hydrogen) atoms. The number of anilines is 6. The molecular weight excluding hydrogens is 623 g/mol. The zero-order valence-corrected chi connectivity index (χ0v) is 27.0. The first kappa shape index (κ1) is 31.8. The van der Waals surface area contributed by atoms with Crippen LogP contribution in [0, 0.1) is 0 Å². The van der Waals surface area contributed by atoms with E-state index in [1.165, 1.54) is 0 Å². The van der Waals surface area contributed by atoms with Gasteiger partial charge in [0.05, 0.1) is 25.6 Å². The van der Waals surface area contributed by atoms with E-state index < -0.39 is 0 Å². The molecule has 0 heterocycles. The number of halogens is 3. The minimum absolute atomic E-state index is 0.699. The molecule has 6 aromatic carbocycles. The van der Waals surface area contributed by atoms with Crippen LogP contribution in [0.1, 0.15) is 0 Å². The average Bonchev–Trinajstić information content (AvgIpc) is 3.09. The first-order chi connectivity index (χ1) is 22.0. The largest absolute Gasteiger partial charge is 0.495 e. The number of rotatable bonds is 8. The fourth-order valence-corrected chi connectivity index (χ4v) is 5.21. The van der Waals surface area contributed by atoms with E-state index >= 15 is 0 Å². The lowest BCUT2D eigenvalue weighted by Gasteiger charge is -2.27. The summed E-state index contributed by atoms with van der Waals surface area (Å²) in [6.07, 6.45) is 0. The second kappa shape index (κ2) is 15.4. The van der Waals surface area contributed by atoms with E-state index in [1.807, 2.05) is 140 Å². The first-order valence-corrected chi connectivity index (χ1v) is 15.3. The third-order valence-electron chi connectivity index (χ3n) is 6.92. The Morgan fingerprint density at radius 3 is 0.978 bits per heavy atom. The van der Waals surface area contributed by atoms with Gasteiger partial charge in [-0.3, -0.25) is 0 Å². The van der Waals surface area contributed by atoms with Crippen molar-refractivity contribution in [1.29, 1.82) is 0 Å². The van der Waals surface area contributed by atoms with Crippen molar-refractivity contribution in [3.63, 3.8) is 0 Å². The molecule has 226 valence electrons. The summed E-state index contributed by atoms with van der Waals surface area (Å²) in [6.45, 7) is 0. The van der Waals surface area contributed by atoms with Crippen LogP contribution in [0.15, 0.2) is 152 Å². The van der Waals surface area contributed by atoms with Gasteiger partial charge in [0.15, 0.2) is 0 Å². The minimum Gasteiger partial charge on any atom is -0.495 e. The summed E-state index contributed by atoms with van der Waals surface area (Å²) >= 11 is 18.1. The van der Waals surface area contributed by atoms with E-state index in [1.54, 1.807) is 14.2 Å². The molecule has 0 spiro atoms. The third-order valence-corrected chi connectivity index (χ3v) is 7.68. The Balaban J connectivity index is 0.000000178. The molecule has 0 bridgehead atoms. The zero-order valence-electron chi connectivity index (χ0n) is 24.8. The van der Waals surface area contributed by atoms with E-state index in [0.717, 1.165) is 50.6 Å². The first-order valence-electron chi connectivity index (χ1n) is 14.2. The summed E-state index contributed by atoms with van der Waals surface area (Å²) in [6, 6.07) is 49.2. The van der Waals surface area contributed by atoms with Gasteiger partial charge in [0.2, 0.25) is 0 Å². The van der Waals surface area contributed by atoms with E-state index in [0.29, 0.717) is 10.0 Å². The molecule has 0 aliphatic heterocycles. The molecule has 0 aliphatic rings. The summed E-state index contributed by atoms with van der Waals surface area (Å²) in [7, 11) is 3.35. The molecule has 0 aliphatic carbocycles. The molecule has 7 heteroatoms. The number of hydrogen-bond acceptors (Lipinski definition) is 4. The Kier molecular flexibility index (Phi) is 10.9. The average molecular weight is 654 g/mol. The van der Waals surface area contributed by atoms with Gasteiger partial charge in [-0.1, -0.05) is 77.3 Å². The Hall–Kier alpha value is -4.61. The topological polar surface area (TPSA) is 24.9 Å². The number of para-hydroxylation sites is 5. The van der Waals surface area contributed by atoms with Crippen LogP contribution in [-0.4, -0.2) is 14.2 Å². The van der Waals surface area contributed by atoms with Gasteiger partial charge in [-0.05, 0) is 109 Å². The molecule has 0 saturated heterocycles. The summed E-state index contributed by atoms with van der Waals surface area (Å²) in [5.74, 6) is 1.61. The van der Waals surface area contributed by atoms with Crippen LogP contribution in [0.25, 0.3) is 0 Å².